The third-order valence-electron chi connectivity index (χ3n) is 7.59. The number of carbonyl (C=O) groups excluding carboxylic acids is 2. The molecule has 1 aromatic heterocycles. The third-order valence-corrected chi connectivity index (χ3v) is 10.3. The Morgan fingerprint density at radius 1 is 0.980 bits per heavy atom. The Labute approximate surface area is 301 Å². The molecular formula is C37H29Cl2N3O5S2. The lowest BCUT2D eigenvalue weighted by molar-refractivity contribution is -0.132. The highest BCUT2D eigenvalue weighted by atomic mass is 35.5. The zero-order valence-electron chi connectivity index (χ0n) is 26.1. The molecule has 1 amide bonds. The maximum atomic E-state index is 13.7. The fourth-order valence-electron chi connectivity index (χ4n) is 5.22. The van der Waals surface area contributed by atoms with Crippen LogP contribution in [0.4, 0.5) is 5.13 Å². The van der Waals surface area contributed by atoms with E-state index in [1.54, 1.807) is 66.7 Å². The molecule has 1 aliphatic rings. The highest BCUT2D eigenvalue weighted by molar-refractivity contribution is 8.00. The van der Waals surface area contributed by atoms with Crippen molar-refractivity contribution in [3.63, 3.8) is 0 Å². The Bertz CT molecular complexity index is 2050. The number of aryl methyl sites for hydroxylation is 1. The van der Waals surface area contributed by atoms with E-state index >= 15 is 0 Å². The molecule has 0 saturated carbocycles. The lowest BCUT2D eigenvalue weighted by Crippen LogP contribution is -2.29. The summed E-state index contributed by atoms with van der Waals surface area (Å²) in [5, 5.41) is 21.4. The summed E-state index contributed by atoms with van der Waals surface area (Å²) in [7, 11) is 0. The van der Waals surface area contributed by atoms with Crippen LogP contribution in [0.2, 0.25) is 10.0 Å². The van der Waals surface area contributed by atoms with Crippen molar-refractivity contribution in [1.29, 1.82) is 0 Å². The average Bonchev–Trinajstić information content (AvgIpc) is 3.67. The molecule has 0 spiro atoms. The first-order valence-corrected chi connectivity index (χ1v) is 17.6. The van der Waals surface area contributed by atoms with Crippen molar-refractivity contribution in [3.05, 3.63) is 147 Å². The number of nitrogens with zero attached hydrogens (tertiary/aromatic N) is 3. The predicted molar refractivity (Wildman–Crippen MR) is 195 cm³/mol. The van der Waals surface area contributed by atoms with Gasteiger partial charge in [0, 0.05) is 21.4 Å². The van der Waals surface area contributed by atoms with Gasteiger partial charge >= 0.3 is 5.91 Å². The first kappa shape index (κ1) is 34.3. The highest BCUT2D eigenvalue weighted by Gasteiger charge is 2.48. The minimum absolute atomic E-state index is 0.0736. The molecule has 0 radical (unpaired) electrons. The Hall–Kier alpha value is -4.61. The molecule has 49 heavy (non-hydrogen) atoms. The monoisotopic (exact) mass is 729 g/mol. The number of hydrogen-bond acceptors (Lipinski definition) is 9. The van der Waals surface area contributed by atoms with Crippen LogP contribution in [0.3, 0.4) is 0 Å². The van der Waals surface area contributed by atoms with E-state index in [1.165, 1.54) is 16.7 Å². The number of hydrogen-bond donors (Lipinski definition) is 1. The van der Waals surface area contributed by atoms with E-state index < -0.39 is 17.7 Å². The van der Waals surface area contributed by atoms with Crippen LogP contribution in [0, 0.1) is 6.92 Å². The van der Waals surface area contributed by atoms with Gasteiger partial charge in [0.25, 0.3) is 5.78 Å². The van der Waals surface area contributed by atoms with Crippen molar-refractivity contribution < 1.29 is 24.2 Å². The Morgan fingerprint density at radius 2 is 1.71 bits per heavy atom. The number of ether oxygens (including phenoxy) is 2. The number of aliphatic hydroxyl groups is 1. The maximum absolute atomic E-state index is 13.7. The summed E-state index contributed by atoms with van der Waals surface area (Å²) in [5.41, 5.74) is 3.87. The molecule has 1 fully saturated rings. The summed E-state index contributed by atoms with van der Waals surface area (Å²) in [4.78, 5) is 28.7. The van der Waals surface area contributed by atoms with Gasteiger partial charge in [-0.3, -0.25) is 14.5 Å². The molecule has 0 bridgehead atoms. The van der Waals surface area contributed by atoms with Crippen LogP contribution in [-0.2, 0) is 21.9 Å². The standard InChI is InChI=1S/C37H29Cl2N3O5S2/c1-3-17-46-28-13-8-24(9-14-28)32-31(33(43)25-10-15-29(16-11-25)47-20-23-6-4-5-22(2)18-23)34(44)35(45)42(32)36-40-41-37(49-36)48-21-26-7-12-27(38)19-30(26)39/h3-16,18-19,32,43H,1,17,20-21H2,2H3/b33-31+. The van der Waals surface area contributed by atoms with E-state index in [1.807, 2.05) is 37.3 Å². The van der Waals surface area contributed by atoms with Crippen molar-refractivity contribution in [3.8, 4) is 11.5 Å². The molecule has 1 aliphatic heterocycles. The van der Waals surface area contributed by atoms with Crippen molar-refractivity contribution in [2.45, 2.75) is 29.7 Å². The summed E-state index contributed by atoms with van der Waals surface area (Å²) in [5.74, 6) is -0.332. The van der Waals surface area contributed by atoms with Gasteiger partial charge in [0.05, 0.1) is 11.6 Å². The smallest absolute Gasteiger partial charge is 0.301 e. The van der Waals surface area contributed by atoms with Gasteiger partial charge in [-0.05, 0) is 72.1 Å². The summed E-state index contributed by atoms with van der Waals surface area (Å²) in [6.45, 7) is 6.38. The van der Waals surface area contributed by atoms with E-state index in [2.05, 4.69) is 16.8 Å². The van der Waals surface area contributed by atoms with Gasteiger partial charge in [0.2, 0.25) is 5.13 Å². The zero-order valence-corrected chi connectivity index (χ0v) is 29.3. The predicted octanol–water partition coefficient (Wildman–Crippen LogP) is 9.22. The zero-order chi connectivity index (χ0) is 34.5. The second-order valence-corrected chi connectivity index (χ2v) is 14.0. The number of aromatic nitrogens is 2. The topological polar surface area (TPSA) is 102 Å². The molecular weight excluding hydrogens is 701 g/mol. The molecule has 1 atom stereocenters. The van der Waals surface area contributed by atoms with Crippen LogP contribution in [0.5, 0.6) is 11.5 Å². The number of anilines is 1. The molecule has 4 aromatic carbocycles. The number of Topliss-reactive ketones (excluding diaryl/α,β-unsaturated/α-hetero) is 1. The van der Waals surface area contributed by atoms with Gasteiger partial charge in [-0.1, -0.05) is 107 Å². The number of aliphatic hydroxyl groups excluding tert-OH is 1. The van der Waals surface area contributed by atoms with Crippen molar-refractivity contribution in [1.82, 2.24) is 10.2 Å². The number of thioether (sulfide) groups is 1. The minimum Gasteiger partial charge on any atom is -0.507 e. The molecule has 6 rings (SSSR count). The van der Waals surface area contributed by atoms with Crippen LogP contribution >= 0.6 is 46.3 Å². The number of benzene rings is 4. The number of amides is 1. The second-order valence-electron chi connectivity index (χ2n) is 11.0. The molecule has 8 nitrogen and oxygen atoms in total. The molecule has 5 aromatic rings. The van der Waals surface area contributed by atoms with Gasteiger partial charge in [0.15, 0.2) is 4.34 Å². The largest absolute Gasteiger partial charge is 0.507 e. The first-order valence-electron chi connectivity index (χ1n) is 15.1. The van der Waals surface area contributed by atoms with Gasteiger partial charge in [-0.2, -0.15) is 0 Å². The molecule has 0 aliphatic carbocycles. The molecule has 1 unspecified atom stereocenters. The van der Waals surface area contributed by atoms with Crippen LogP contribution < -0.4 is 14.4 Å². The molecule has 1 saturated heterocycles. The van der Waals surface area contributed by atoms with Crippen LogP contribution in [0.1, 0.15) is 33.9 Å². The normalized spacial score (nSPS) is 15.4. The fraction of sp³-hybridized carbons (Fsp3) is 0.135. The molecule has 248 valence electrons. The molecule has 1 N–H and O–H groups in total. The van der Waals surface area contributed by atoms with Gasteiger partial charge in [0.1, 0.15) is 30.5 Å². The first-order chi connectivity index (χ1) is 23.7. The second kappa shape index (κ2) is 15.3. The number of carbonyl (C=O) groups is 2. The summed E-state index contributed by atoms with van der Waals surface area (Å²) in [6.07, 6.45) is 1.63. The van der Waals surface area contributed by atoms with Crippen molar-refractivity contribution in [2.24, 2.45) is 0 Å². The molecule has 2 heterocycles. The van der Waals surface area contributed by atoms with Gasteiger partial charge in [-0.15, -0.1) is 10.2 Å². The van der Waals surface area contributed by atoms with Gasteiger partial charge in [-0.25, -0.2) is 0 Å². The van der Waals surface area contributed by atoms with E-state index in [4.69, 9.17) is 32.7 Å². The van der Waals surface area contributed by atoms with Crippen LogP contribution in [-0.4, -0.2) is 33.6 Å². The third kappa shape index (κ3) is 7.84. The number of rotatable bonds is 12. The highest BCUT2D eigenvalue weighted by Crippen LogP contribution is 2.44. The Kier molecular flexibility index (Phi) is 10.7. The van der Waals surface area contributed by atoms with E-state index in [0.29, 0.717) is 56.0 Å². The summed E-state index contributed by atoms with van der Waals surface area (Å²) in [6, 6.07) is 26.0. The summed E-state index contributed by atoms with van der Waals surface area (Å²) >= 11 is 14.9. The number of ketones is 1. The Balaban J connectivity index is 1.30. The average molecular weight is 731 g/mol. The van der Waals surface area contributed by atoms with E-state index in [9.17, 15) is 14.7 Å². The number of halogens is 2. The fourth-order valence-corrected chi connectivity index (χ4v) is 7.64. The lowest BCUT2D eigenvalue weighted by atomic mass is 9.95. The quantitative estimate of drug-likeness (QED) is 0.0339. The van der Waals surface area contributed by atoms with Crippen LogP contribution in [0.25, 0.3) is 5.76 Å². The van der Waals surface area contributed by atoms with Crippen LogP contribution in [0.15, 0.2) is 114 Å². The Morgan fingerprint density at radius 3 is 2.43 bits per heavy atom. The lowest BCUT2D eigenvalue weighted by Gasteiger charge is -2.22. The summed E-state index contributed by atoms with van der Waals surface area (Å²) < 4.78 is 12.1. The molecule has 12 heteroatoms. The van der Waals surface area contributed by atoms with Crippen molar-refractivity contribution in [2.75, 3.05) is 11.5 Å². The van der Waals surface area contributed by atoms with Gasteiger partial charge < -0.3 is 14.6 Å². The van der Waals surface area contributed by atoms with E-state index in [0.717, 1.165) is 28.0 Å². The maximum Gasteiger partial charge on any atom is 0.301 e. The van der Waals surface area contributed by atoms with E-state index in [-0.39, 0.29) is 16.5 Å². The minimum atomic E-state index is -0.984. The van der Waals surface area contributed by atoms with Crippen molar-refractivity contribution >= 4 is 68.9 Å². The SMILES string of the molecule is C=CCOc1ccc(C2/C(=C(\O)c3ccc(OCc4cccc(C)c4)cc3)C(=O)C(=O)N2c2nnc(SCc3ccc(Cl)cc3Cl)s2)cc1.